The summed E-state index contributed by atoms with van der Waals surface area (Å²) in [5.41, 5.74) is 2.45. The largest absolute Gasteiger partial charge is 0.496 e. The number of hydrogen-bond donors (Lipinski definition) is 2. The SMILES string of the molecule is CC[C@]12C=CCN3CC[C@@]4(c5cc([C@@]6(C(=O)OC)C[C@@H](c7ccccc7CO[Si](C)(C)C(C)(C)C)CN(Cc7ccccc7)CCc7c6[nH]c6ccccc76)c(OC)cc5N(C)[C@H]4[C@@](O)(C(=O)OC)[C@@H]1OC(C)=O)[C@@H]32. The summed E-state index contributed by atoms with van der Waals surface area (Å²) in [7, 11) is 4.06. The molecular formula is C61H76N4O9Si. The first-order valence-electron chi connectivity index (χ1n) is 26.8. The van der Waals surface area contributed by atoms with Gasteiger partial charge in [0, 0.05) is 90.9 Å². The molecule has 1 aromatic heterocycles. The molecule has 4 aromatic carbocycles. The van der Waals surface area contributed by atoms with Crippen molar-refractivity contribution in [2.75, 3.05) is 59.5 Å². The van der Waals surface area contributed by atoms with E-state index in [-0.39, 0.29) is 23.4 Å². The molecule has 13 nitrogen and oxygen atoms in total. The maximum atomic E-state index is 16.2. The Morgan fingerprint density at radius 3 is 2.28 bits per heavy atom. The zero-order valence-corrected chi connectivity index (χ0v) is 46.8. The normalized spacial score (nSPS) is 28.6. The van der Waals surface area contributed by atoms with Crippen LogP contribution in [0.4, 0.5) is 5.69 Å². The highest BCUT2D eigenvalue weighted by Gasteiger charge is 2.80. The summed E-state index contributed by atoms with van der Waals surface area (Å²) in [6.07, 6.45) is 4.77. The van der Waals surface area contributed by atoms with Gasteiger partial charge in [0.1, 0.15) is 11.2 Å². The Balaban J connectivity index is 1.26. The molecular weight excluding hydrogens is 961 g/mol. The number of likely N-dealkylation sites (N-methyl/N-ethyl adjacent to an activating group) is 1. The number of H-pyrrole nitrogens is 1. The van der Waals surface area contributed by atoms with Crippen LogP contribution in [-0.4, -0.2) is 124 Å². The van der Waals surface area contributed by atoms with Crippen LogP contribution in [0, 0.1) is 5.41 Å². The minimum Gasteiger partial charge on any atom is -0.496 e. The second kappa shape index (κ2) is 19.4. The van der Waals surface area contributed by atoms with Crippen molar-refractivity contribution in [3.8, 4) is 5.75 Å². The highest BCUT2D eigenvalue weighted by Crippen LogP contribution is 2.68. The fourth-order valence-electron chi connectivity index (χ4n) is 14.6. The highest BCUT2D eigenvalue weighted by atomic mass is 28.4. The predicted molar refractivity (Wildman–Crippen MR) is 294 cm³/mol. The van der Waals surface area contributed by atoms with E-state index in [9.17, 15) is 14.7 Å². The Morgan fingerprint density at radius 1 is 0.880 bits per heavy atom. The lowest BCUT2D eigenvalue weighted by Gasteiger charge is -2.63. The lowest BCUT2D eigenvalue weighted by molar-refractivity contribution is -0.228. The molecule has 398 valence electrons. The maximum Gasteiger partial charge on any atom is 0.344 e. The Hall–Kier alpha value is -5.77. The molecule has 75 heavy (non-hydrogen) atoms. The van der Waals surface area contributed by atoms with Crippen LogP contribution in [0.1, 0.15) is 98.9 Å². The van der Waals surface area contributed by atoms with E-state index in [2.05, 4.69) is 134 Å². The van der Waals surface area contributed by atoms with Gasteiger partial charge in [0.2, 0.25) is 5.60 Å². The van der Waals surface area contributed by atoms with E-state index in [1.165, 1.54) is 26.7 Å². The molecule has 5 aliphatic rings. The second-order valence-corrected chi connectivity index (χ2v) is 28.3. The van der Waals surface area contributed by atoms with Crippen LogP contribution in [-0.2, 0) is 63.4 Å². The molecule has 2 N–H and O–H groups in total. The van der Waals surface area contributed by atoms with Gasteiger partial charge in [-0.25, -0.2) is 4.79 Å². The van der Waals surface area contributed by atoms with Gasteiger partial charge in [-0.3, -0.25) is 19.4 Å². The summed E-state index contributed by atoms with van der Waals surface area (Å²) in [5, 5.41) is 14.6. The lowest BCUT2D eigenvalue weighted by atomic mass is 9.47. The van der Waals surface area contributed by atoms with Gasteiger partial charge in [-0.1, -0.05) is 113 Å². The Morgan fingerprint density at radius 2 is 1.59 bits per heavy atom. The number of benzene rings is 4. The number of ether oxygens (including phenoxy) is 4. The van der Waals surface area contributed by atoms with Gasteiger partial charge in [-0.2, -0.15) is 0 Å². The van der Waals surface area contributed by atoms with Gasteiger partial charge in [-0.05, 0) is 96.2 Å². The van der Waals surface area contributed by atoms with Gasteiger partial charge >= 0.3 is 17.9 Å². The van der Waals surface area contributed by atoms with Gasteiger partial charge in [0.25, 0.3) is 0 Å². The number of anilines is 1. The Labute approximate surface area is 443 Å². The van der Waals surface area contributed by atoms with Crippen LogP contribution in [0.3, 0.4) is 0 Å². The van der Waals surface area contributed by atoms with Crippen LogP contribution < -0.4 is 9.64 Å². The monoisotopic (exact) mass is 1040 g/mol. The summed E-state index contributed by atoms with van der Waals surface area (Å²) in [4.78, 5) is 55.0. The maximum absolute atomic E-state index is 16.2. The number of carbonyl (C=O) groups is 3. The number of carbonyl (C=O) groups excluding carboxylic acids is 3. The molecule has 0 unspecified atom stereocenters. The predicted octanol–water partition coefficient (Wildman–Crippen LogP) is 9.34. The summed E-state index contributed by atoms with van der Waals surface area (Å²) in [5.74, 6) is -1.73. The lowest BCUT2D eigenvalue weighted by Crippen LogP contribution is -2.81. The third-order valence-electron chi connectivity index (χ3n) is 18.8. The zero-order chi connectivity index (χ0) is 53.5. The zero-order valence-electron chi connectivity index (χ0n) is 45.8. The average molecular weight is 1040 g/mol. The Kier molecular flexibility index (Phi) is 13.6. The van der Waals surface area contributed by atoms with E-state index < -0.39 is 60.2 Å². The summed E-state index contributed by atoms with van der Waals surface area (Å²) in [6, 6.07) is 30.3. The number of fused-ring (bicyclic) bond motifs is 4. The topological polar surface area (TPSA) is 143 Å². The molecule has 1 spiro atoms. The van der Waals surface area contributed by atoms with Gasteiger partial charge in [0.05, 0.1) is 34.0 Å². The second-order valence-electron chi connectivity index (χ2n) is 23.5. The van der Waals surface area contributed by atoms with Crippen LogP contribution in [0.2, 0.25) is 18.1 Å². The minimum absolute atomic E-state index is 0.0113. The first-order chi connectivity index (χ1) is 35.8. The summed E-state index contributed by atoms with van der Waals surface area (Å²) >= 11 is 0. The molecule has 10 rings (SSSR count). The van der Waals surface area contributed by atoms with Crippen molar-refractivity contribution in [1.29, 1.82) is 0 Å². The number of aliphatic hydroxyl groups is 1. The van der Waals surface area contributed by atoms with E-state index in [1.807, 2.05) is 37.1 Å². The number of methoxy groups -OCH3 is 3. The fourth-order valence-corrected chi connectivity index (χ4v) is 15.5. The summed E-state index contributed by atoms with van der Waals surface area (Å²) < 4.78 is 31.7. The number of hydrogen-bond acceptors (Lipinski definition) is 12. The molecule has 0 radical (unpaired) electrons. The number of aromatic nitrogens is 1. The van der Waals surface area contributed by atoms with Crippen molar-refractivity contribution in [1.82, 2.24) is 14.8 Å². The average Bonchev–Trinajstić information content (AvgIpc) is 4.07. The van der Waals surface area contributed by atoms with Gasteiger partial charge in [-0.15, -0.1) is 0 Å². The highest BCUT2D eigenvalue weighted by molar-refractivity contribution is 6.74. The number of nitrogens with one attached hydrogen (secondary N) is 1. The van der Waals surface area contributed by atoms with Crippen molar-refractivity contribution in [3.63, 3.8) is 0 Å². The van der Waals surface area contributed by atoms with E-state index >= 15 is 4.79 Å². The van der Waals surface area contributed by atoms with E-state index in [0.29, 0.717) is 69.9 Å². The van der Waals surface area contributed by atoms with Crippen LogP contribution in [0.25, 0.3) is 10.9 Å². The van der Waals surface area contributed by atoms with Crippen LogP contribution in [0.5, 0.6) is 5.75 Å². The van der Waals surface area contributed by atoms with Crippen molar-refractivity contribution in [2.45, 2.75) is 132 Å². The molecule has 1 saturated carbocycles. The molecule has 5 heterocycles. The van der Waals surface area contributed by atoms with Crippen molar-refractivity contribution < 1.29 is 42.9 Å². The number of nitrogens with zero attached hydrogens (tertiary/aromatic N) is 3. The smallest absolute Gasteiger partial charge is 0.344 e. The molecule has 14 heteroatoms. The fraction of sp³-hybridized carbons (Fsp3) is 0.492. The van der Waals surface area contributed by atoms with E-state index in [4.69, 9.17) is 23.4 Å². The quantitative estimate of drug-likeness (QED) is 0.0532. The Bertz CT molecular complexity index is 3040. The standard InChI is InChI=1S/C61H76N4O9Si/c1-12-58-28-20-30-65-32-29-59(52(58)65)46-33-47(50(70-7)34-49(46)63(6)53(59)61(69,56(68)72-9)54(58)74-39(2)66)60(55(67)71-8)35-42(43-24-17-16-23-41(43)38-73-75(10,11)57(3,4)5)37-64(36-40-21-14-13-15-22-40)31-27-45-44-25-18-19-26-48(44)62-51(45)60/h13-26,28,33-34,42,52-54,62,69H,12,27,29-32,35-38H2,1-11H3/t42-,52+,53-,54-,58-,59-,60+,61+/m1/s1. The molecule has 1 saturated heterocycles. The van der Waals surface area contributed by atoms with Crippen LogP contribution in [0.15, 0.2) is 103 Å². The third kappa shape index (κ3) is 8.01. The number of esters is 3. The summed E-state index contributed by atoms with van der Waals surface area (Å²) in [6.45, 7) is 18.4. The number of aromatic amines is 1. The van der Waals surface area contributed by atoms with E-state index in [1.54, 1.807) is 7.11 Å². The van der Waals surface area contributed by atoms with Crippen LogP contribution >= 0.6 is 0 Å². The molecule has 8 atom stereocenters. The molecule has 5 aromatic rings. The first-order valence-corrected chi connectivity index (χ1v) is 29.7. The molecule has 2 fully saturated rings. The third-order valence-corrected chi connectivity index (χ3v) is 23.3. The van der Waals surface area contributed by atoms with Crippen molar-refractivity contribution in [3.05, 3.63) is 142 Å². The van der Waals surface area contributed by atoms with Gasteiger partial charge in [0.15, 0.2) is 14.4 Å². The van der Waals surface area contributed by atoms with Crippen molar-refractivity contribution in [2.24, 2.45) is 5.41 Å². The molecule has 1 aliphatic carbocycles. The molecule has 0 bridgehead atoms. The molecule has 0 amide bonds. The van der Waals surface area contributed by atoms with E-state index in [0.717, 1.165) is 44.5 Å². The first kappa shape index (κ1) is 52.7. The van der Waals surface area contributed by atoms with Gasteiger partial charge < -0.3 is 38.4 Å². The molecule has 4 aliphatic heterocycles. The van der Waals surface area contributed by atoms with Crippen molar-refractivity contribution >= 4 is 42.8 Å². The minimum atomic E-state index is -2.34. The number of rotatable bonds is 12. The number of para-hydroxylation sites is 1.